The van der Waals surface area contributed by atoms with E-state index in [0.29, 0.717) is 17.7 Å². The molecule has 0 aromatic heterocycles. The number of fused-ring (bicyclic) bond motifs is 1. The van der Waals surface area contributed by atoms with E-state index in [1.165, 1.54) is 35.4 Å². The molecular formula is C45H62F4N4O6. The van der Waals surface area contributed by atoms with Gasteiger partial charge in [-0.1, -0.05) is 32.9 Å². The van der Waals surface area contributed by atoms with Crippen LogP contribution in [0, 0.1) is 28.7 Å². The van der Waals surface area contributed by atoms with Crippen molar-refractivity contribution < 1.29 is 46.5 Å². The van der Waals surface area contributed by atoms with Gasteiger partial charge >= 0.3 is 12.2 Å². The number of amides is 2. The number of carbonyl (C=O) groups excluding carboxylic acids is 2. The summed E-state index contributed by atoms with van der Waals surface area (Å²) in [7, 11) is 2.08. The van der Waals surface area contributed by atoms with E-state index in [1.807, 2.05) is 0 Å². The van der Waals surface area contributed by atoms with Crippen LogP contribution < -0.4 is 20.9 Å². The topological polar surface area (TPSA) is 125 Å². The minimum absolute atomic E-state index is 0.0181. The molecule has 1 fully saturated rings. The van der Waals surface area contributed by atoms with Gasteiger partial charge in [0.1, 0.15) is 40.6 Å². The number of ether oxygens (including phenoxy) is 3. The lowest BCUT2D eigenvalue weighted by Gasteiger charge is -2.35. The molecule has 2 amide bonds. The van der Waals surface area contributed by atoms with E-state index in [1.54, 1.807) is 41.5 Å². The summed E-state index contributed by atoms with van der Waals surface area (Å²) >= 11 is 0. The summed E-state index contributed by atoms with van der Waals surface area (Å²) in [6, 6.07) is 11.9. The number of alkyl carbamates (subject to hydrolysis) is 2. The van der Waals surface area contributed by atoms with Gasteiger partial charge in [0.25, 0.3) is 0 Å². The Hall–Kier alpha value is -4.40. The van der Waals surface area contributed by atoms with Gasteiger partial charge < -0.3 is 40.2 Å². The molecule has 326 valence electrons. The van der Waals surface area contributed by atoms with Crippen LogP contribution in [0.2, 0.25) is 0 Å². The molecule has 14 heteroatoms. The number of carbonyl (C=O) groups is 2. The Labute approximate surface area is 346 Å². The zero-order chi connectivity index (χ0) is 43.9. The highest BCUT2D eigenvalue weighted by Gasteiger charge is 2.35. The normalized spacial score (nSPS) is 18.1. The average molecular weight is 831 g/mol. The van der Waals surface area contributed by atoms with E-state index in [4.69, 9.17) is 14.2 Å². The molecule has 10 nitrogen and oxygen atoms in total. The standard InChI is InChI=1S/C30H43F2N3O3.C15H19F2NO3/c1-29(2,3)17-19-8-9-26-23(14-19)24(10-11-35(26)7)33-18-27(36)25(34-28(37)38-30(4,5)6)15-20-12-21(31)16-22(32)13-20;1-15(2,3)21-14(19)18-12(13-8-20-13)6-9-4-10(16)7-11(17)5-9/h8-9,12-14,16,24-25,27,33,36H,10-11,15,17-18H2,1-7H3,(H,34,37);4-5,7,12-13H,6,8H2,1-3H3,(H,18,19)/t24?,25-,27+;12-,13+/m00/s1. The Kier molecular flexibility index (Phi) is 15.8. The molecule has 1 unspecified atom stereocenters. The van der Waals surface area contributed by atoms with Crippen LogP contribution in [0.5, 0.6) is 0 Å². The third-order valence-electron chi connectivity index (χ3n) is 9.37. The molecule has 2 aliphatic rings. The van der Waals surface area contributed by atoms with Crippen molar-refractivity contribution in [3.05, 3.63) is 100 Å². The molecule has 2 heterocycles. The van der Waals surface area contributed by atoms with Crippen LogP contribution >= 0.6 is 0 Å². The summed E-state index contributed by atoms with van der Waals surface area (Å²) < 4.78 is 69.8. The molecule has 4 N–H and O–H groups in total. The predicted octanol–water partition coefficient (Wildman–Crippen LogP) is 8.32. The molecule has 0 bridgehead atoms. The molecule has 3 aromatic carbocycles. The maximum atomic E-state index is 13.8. The zero-order valence-electron chi connectivity index (χ0n) is 36.0. The molecule has 1 saturated heterocycles. The van der Waals surface area contributed by atoms with Crippen LogP contribution in [-0.2, 0) is 33.5 Å². The van der Waals surface area contributed by atoms with Crippen molar-refractivity contribution in [2.45, 2.75) is 130 Å². The predicted molar refractivity (Wildman–Crippen MR) is 220 cm³/mol. The SMILES string of the molecule is CC(C)(C)OC(=O)N[C@@H](Cc1cc(F)cc(F)c1)[C@H]1CO1.CN1CCC(NC[C@@H](O)[C@H](Cc2cc(F)cc(F)c2)NC(=O)OC(C)(C)C)c2cc(CC(C)(C)C)ccc21. The number of aliphatic hydroxyl groups is 1. The highest BCUT2D eigenvalue weighted by atomic mass is 19.1. The number of nitrogens with one attached hydrogen (secondary N) is 3. The van der Waals surface area contributed by atoms with Crippen molar-refractivity contribution >= 4 is 17.9 Å². The number of hydrogen-bond acceptors (Lipinski definition) is 8. The molecule has 5 atom stereocenters. The number of anilines is 1. The first-order valence-electron chi connectivity index (χ1n) is 20.1. The maximum absolute atomic E-state index is 13.8. The molecule has 0 saturated carbocycles. The number of aliphatic hydroxyl groups excluding tert-OH is 1. The van der Waals surface area contributed by atoms with E-state index < -0.39 is 58.8 Å². The summed E-state index contributed by atoms with van der Waals surface area (Å²) in [4.78, 5) is 26.6. The van der Waals surface area contributed by atoms with Gasteiger partial charge in [0, 0.05) is 44.0 Å². The number of rotatable bonds is 12. The summed E-state index contributed by atoms with van der Waals surface area (Å²) in [5, 5.41) is 20.0. The van der Waals surface area contributed by atoms with Crippen molar-refractivity contribution in [2.75, 3.05) is 31.6 Å². The third-order valence-corrected chi connectivity index (χ3v) is 9.37. The average Bonchev–Trinajstić information content (AvgIpc) is 3.90. The number of nitrogens with zero attached hydrogens (tertiary/aromatic N) is 1. The second-order valence-electron chi connectivity index (χ2n) is 18.7. The minimum atomic E-state index is -1.03. The fraction of sp³-hybridized carbons (Fsp3) is 0.556. The Balaban J connectivity index is 0.000000308. The Morgan fingerprint density at radius 2 is 1.29 bits per heavy atom. The van der Waals surface area contributed by atoms with E-state index in [9.17, 15) is 32.3 Å². The lowest BCUT2D eigenvalue weighted by molar-refractivity contribution is 0.0418. The van der Waals surface area contributed by atoms with Crippen LogP contribution in [0.4, 0.5) is 32.8 Å². The van der Waals surface area contributed by atoms with Crippen molar-refractivity contribution in [1.82, 2.24) is 16.0 Å². The minimum Gasteiger partial charge on any atom is -0.444 e. The molecule has 0 aliphatic carbocycles. The van der Waals surface area contributed by atoms with E-state index in [-0.39, 0.29) is 43.0 Å². The summed E-state index contributed by atoms with van der Waals surface area (Å²) in [6.45, 7) is 18.7. The number of epoxide rings is 1. The lowest BCUT2D eigenvalue weighted by atomic mass is 9.86. The molecule has 2 aliphatic heterocycles. The van der Waals surface area contributed by atoms with Crippen molar-refractivity contribution in [3.8, 4) is 0 Å². The van der Waals surface area contributed by atoms with Crippen LogP contribution in [0.25, 0.3) is 0 Å². The lowest BCUT2D eigenvalue weighted by Crippen LogP contribution is -2.50. The highest BCUT2D eigenvalue weighted by Crippen LogP contribution is 2.35. The monoisotopic (exact) mass is 830 g/mol. The first-order valence-corrected chi connectivity index (χ1v) is 20.1. The summed E-state index contributed by atoms with van der Waals surface area (Å²) in [5.41, 5.74) is 3.20. The van der Waals surface area contributed by atoms with Gasteiger partial charge in [-0.05, 0) is 125 Å². The first-order chi connectivity index (χ1) is 27.3. The highest BCUT2D eigenvalue weighted by molar-refractivity contribution is 5.68. The molecule has 0 radical (unpaired) electrons. The van der Waals surface area contributed by atoms with Gasteiger partial charge in [-0.25, -0.2) is 27.2 Å². The fourth-order valence-corrected chi connectivity index (χ4v) is 6.90. The van der Waals surface area contributed by atoms with Crippen LogP contribution in [0.15, 0.2) is 54.6 Å². The number of hydrogen-bond donors (Lipinski definition) is 4. The van der Waals surface area contributed by atoms with Gasteiger partial charge in [0.15, 0.2) is 0 Å². The van der Waals surface area contributed by atoms with E-state index in [2.05, 4.69) is 66.9 Å². The number of halogens is 4. The first kappa shape index (κ1) is 47.3. The van der Waals surface area contributed by atoms with E-state index in [0.717, 1.165) is 37.2 Å². The second-order valence-corrected chi connectivity index (χ2v) is 18.7. The number of benzene rings is 3. The van der Waals surface area contributed by atoms with Crippen LogP contribution in [-0.4, -0.2) is 79.5 Å². The van der Waals surface area contributed by atoms with Gasteiger partial charge in [-0.3, -0.25) is 0 Å². The third kappa shape index (κ3) is 16.6. The van der Waals surface area contributed by atoms with Gasteiger partial charge in [-0.15, -0.1) is 0 Å². The van der Waals surface area contributed by atoms with E-state index >= 15 is 0 Å². The van der Waals surface area contributed by atoms with Crippen molar-refractivity contribution in [2.24, 2.45) is 5.41 Å². The molecule has 0 spiro atoms. The Morgan fingerprint density at radius 1 is 0.780 bits per heavy atom. The largest absolute Gasteiger partial charge is 0.444 e. The van der Waals surface area contributed by atoms with Crippen molar-refractivity contribution in [1.29, 1.82) is 0 Å². The summed E-state index contributed by atoms with van der Waals surface area (Å²) in [6.07, 6.45) is -0.331. The van der Waals surface area contributed by atoms with Crippen molar-refractivity contribution in [3.63, 3.8) is 0 Å². The fourth-order valence-electron chi connectivity index (χ4n) is 6.90. The molecule has 59 heavy (non-hydrogen) atoms. The molecular weight excluding hydrogens is 769 g/mol. The van der Waals surface area contributed by atoms with Crippen LogP contribution in [0.1, 0.15) is 97.0 Å². The van der Waals surface area contributed by atoms with Gasteiger partial charge in [0.2, 0.25) is 0 Å². The quantitative estimate of drug-likeness (QED) is 0.106. The molecule has 5 rings (SSSR count). The molecule has 3 aromatic rings. The zero-order valence-corrected chi connectivity index (χ0v) is 36.0. The van der Waals surface area contributed by atoms with Crippen LogP contribution in [0.3, 0.4) is 0 Å². The smallest absolute Gasteiger partial charge is 0.407 e. The Morgan fingerprint density at radius 3 is 1.78 bits per heavy atom. The van der Waals surface area contributed by atoms with Gasteiger partial charge in [-0.2, -0.15) is 0 Å². The maximum Gasteiger partial charge on any atom is 0.407 e. The summed E-state index contributed by atoms with van der Waals surface area (Å²) in [5.74, 6) is -2.70. The van der Waals surface area contributed by atoms with Gasteiger partial charge in [0.05, 0.1) is 24.8 Å². The Bertz CT molecular complexity index is 1850. The second kappa shape index (κ2) is 19.8.